The van der Waals surface area contributed by atoms with Crippen LogP contribution in [0.15, 0.2) is 24.3 Å². The predicted molar refractivity (Wildman–Crippen MR) is 83.1 cm³/mol. The summed E-state index contributed by atoms with van der Waals surface area (Å²) in [5.41, 5.74) is 6.42. The van der Waals surface area contributed by atoms with Crippen LogP contribution in [0.2, 0.25) is 0 Å². The van der Waals surface area contributed by atoms with Gasteiger partial charge in [0.15, 0.2) is 0 Å². The topological polar surface area (TPSA) is 67.6 Å². The maximum atomic E-state index is 10.9. The van der Waals surface area contributed by atoms with Gasteiger partial charge in [-0.2, -0.15) is 0 Å². The molecule has 1 saturated heterocycles. The molecular weight excluding hydrogens is 266 g/mol. The number of ether oxygens (including phenoxy) is 1. The molecule has 2 rings (SSSR count). The molecule has 0 aliphatic carbocycles. The molecule has 116 valence electrons. The van der Waals surface area contributed by atoms with Crippen LogP contribution in [-0.4, -0.2) is 43.1 Å². The van der Waals surface area contributed by atoms with Crippen LogP contribution in [0.5, 0.6) is 5.75 Å². The van der Waals surface area contributed by atoms with Gasteiger partial charge in [-0.1, -0.05) is 18.2 Å². The summed E-state index contributed by atoms with van der Waals surface area (Å²) in [6.07, 6.45) is 2.09. The number of nitrogens with zero attached hydrogens (tertiary/aromatic N) is 1. The molecule has 0 saturated carbocycles. The van der Waals surface area contributed by atoms with Crippen molar-refractivity contribution in [3.63, 3.8) is 0 Å². The molecule has 0 bridgehead atoms. The Morgan fingerprint density at radius 3 is 2.76 bits per heavy atom. The van der Waals surface area contributed by atoms with Crippen molar-refractivity contribution < 1.29 is 9.53 Å². The number of piperidine rings is 1. The lowest BCUT2D eigenvalue weighted by atomic mass is 10.0. The number of primary amides is 1. The fourth-order valence-electron chi connectivity index (χ4n) is 2.72. The third-order valence-corrected chi connectivity index (χ3v) is 3.82. The van der Waals surface area contributed by atoms with E-state index in [2.05, 4.69) is 16.3 Å². The van der Waals surface area contributed by atoms with E-state index >= 15 is 0 Å². The molecule has 1 heterocycles. The first-order chi connectivity index (χ1) is 10.2. The summed E-state index contributed by atoms with van der Waals surface area (Å²) < 4.78 is 5.64. The van der Waals surface area contributed by atoms with Gasteiger partial charge in [-0.05, 0) is 25.8 Å². The number of para-hydroxylation sites is 1. The van der Waals surface area contributed by atoms with Crippen molar-refractivity contribution in [1.82, 2.24) is 10.2 Å². The van der Waals surface area contributed by atoms with Gasteiger partial charge in [0.2, 0.25) is 5.91 Å². The van der Waals surface area contributed by atoms with Crippen LogP contribution >= 0.6 is 0 Å². The first-order valence-electron chi connectivity index (χ1n) is 7.63. The van der Waals surface area contributed by atoms with E-state index in [1.807, 2.05) is 25.1 Å². The number of nitrogens with one attached hydrogen (secondary N) is 1. The van der Waals surface area contributed by atoms with Crippen molar-refractivity contribution in [2.45, 2.75) is 32.4 Å². The zero-order valence-electron chi connectivity index (χ0n) is 12.7. The van der Waals surface area contributed by atoms with Crippen LogP contribution in [0.1, 0.15) is 25.3 Å². The largest absolute Gasteiger partial charge is 0.494 e. The summed E-state index contributed by atoms with van der Waals surface area (Å²) in [4.78, 5) is 13.0. The lowest BCUT2D eigenvalue weighted by molar-refractivity contribution is -0.119. The van der Waals surface area contributed by atoms with Crippen LogP contribution in [0.4, 0.5) is 0 Å². The van der Waals surface area contributed by atoms with Crippen LogP contribution in [0.25, 0.3) is 0 Å². The molecule has 5 heteroatoms. The van der Waals surface area contributed by atoms with E-state index in [0.29, 0.717) is 19.2 Å². The standard InChI is InChI=1S/C16H25N3O2/c1-2-21-15-6-4-3-5-13(15)11-18-14-7-9-19(10-8-14)12-16(17)20/h3-6,14,18H,2,7-12H2,1H3,(H2,17,20). The number of carbonyl (C=O) groups is 1. The minimum Gasteiger partial charge on any atom is -0.494 e. The van der Waals surface area contributed by atoms with Gasteiger partial charge in [-0.25, -0.2) is 0 Å². The maximum Gasteiger partial charge on any atom is 0.231 e. The Bertz CT molecular complexity index is 457. The highest BCUT2D eigenvalue weighted by molar-refractivity contribution is 5.75. The lowest BCUT2D eigenvalue weighted by Crippen LogP contribution is -2.45. The third kappa shape index (κ3) is 5.02. The van der Waals surface area contributed by atoms with Gasteiger partial charge in [-0.3, -0.25) is 9.69 Å². The summed E-state index contributed by atoms with van der Waals surface area (Å²) in [5.74, 6) is 0.714. The molecule has 0 spiro atoms. The van der Waals surface area contributed by atoms with Crippen molar-refractivity contribution in [3.8, 4) is 5.75 Å². The second kappa shape index (κ2) is 8.00. The Balaban J connectivity index is 1.78. The Morgan fingerprint density at radius 2 is 2.10 bits per heavy atom. The minimum absolute atomic E-state index is 0.243. The molecule has 1 aromatic rings. The summed E-state index contributed by atoms with van der Waals surface area (Å²) in [5, 5.41) is 3.59. The number of likely N-dealkylation sites (tertiary alicyclic amines) is 1. The molecule has 1 aliphatic rings. The van der Waals surface area contributed by atoms with Crippen molar-refractivity contribution in [2.24, 2.45) is 5.73 Å². The highest BCUT2D eigenvalue weighted by Gasteiger charge is 2.19. The molecule has 1 amide bonds. The van der Waals surface area contributed by atoms with Crippen LogP contribution < -0.4 is 15.8 Å². The Kier molecular flexibility index (Phi) is 6.02. The van der Waals surface area contributed by atoms with Crippen LogP contribution in [0.3, 0.4) is 0 Å². The first kappa shape index (κ1) is 15.8. The van der Waals surface area contributed by atoms with E-state index in [0.717, 1.165) is 38.2 Å². The van der Waals surface area contributed by atoms with Crippen molar-refractivity contribution >= 4 is 5.91 Å². The van der Waals surface area contributed by atoms with Gasteiger partial charge in [0, 0.05) is 31.2 Å². The zero-order chi connectivity index (χ0) is 15.1. The molecule has 0 atom stereocenters. The Hall–Kier alpha value is -1.59. The van der Waals surface area contributed by atoms with E-state index in [1.165, 1.54) is 5.56 Å². The second-order valence-electron chi connectivity index (χ2n) is 5.44. The van der Waals surface area contributed by atoms with Gasteiger partial charge in [0.05, 0.1) is 13.2 Å². The maximum absolute atomic E-state index is 10.9. The number of hydrogen-bond donors (Lipinski definition) is 2. The van der Waals surface area contributed by atoms with E-state index in [1.54, 1.807) is 0 Å². The summed E-state index contributed by atoms with van der Waals surface area (Å²) in [6, 6.07) is 8.63. The quantitative estimate of drug-likeness (QED) is 0.790. The number of benzene rings is 1. The van der Waals surface area contributed by atoms with Gasteiger partial charge in [0.1, 0.15) is 5.75 Å². The Labute approximate surface area is 126 Å². The zero-order valence-corrected chi connectivity index (χ0v) is 12.7. The van der Waals surface area contributed by atoms with Gasteiger partial charge < -0.3 is 15.8 Å². The van der Waals surface area contributed by atoms with E-state index < -0.39 is 0 Å². The summed E-state index contributed by atoms with van der Waals surface area (Å²) >= 11 is 0. The third-order valence-electron chi connectivity index (χ3n) is 3.82. The first-order valence-corrected chi connectivity index (χ1v) is 7.63. The molecule has 3 N–H and O–H groups in total. The fourth-order valence-corrected chi connectivity index (χ4v) is 2.72. The van der Waals surface area contributed by atoms with Gasteiger partial charge >= 0.3 is 0 Å². The SMILES string of the molecule is CCOc1ccccc1CNC1CCN(CC(N)=O)CC1. The van der Waals surface area contributed by atoms with Gasteiger partial charge in [-0.15, -0.1) is 0 Å². The van der Waals surface area contributed by atoms with Crippen molar-refractivity contribution in [2.75, 3.05) is 26.2 Å². The molecule has 21 heavy (non-hydrogen) atoms. The highest BCUT2D eigenvalue weighted by atomic mass is 16.5. The highest BCUT2D eigenvalue weighted by Crippen LogP contribution is 2.18. The molecule has 0 radical (unpaired) electrons. The van der Waals surface area contributed by atoms with Crippen molar-refractivity contribution in [3.05, 3.63) is 29.8 Å². The molecular formula is C16H25N3O2. The second-order valence-corrected chi connectivity index (χ2v) is 5.44. The van der Waals surface area contributed by atoms with E-state index in [9.17, 15) is 4.79 Å². The minimum atomic E-state index is -0.243. The van der Waals surface area contributed by atoms with Gasteiger partial charge in [0.25, 0.3) is 0 Å². The fraction of sp³-hybridized carbons (Fsp3) is 0.562. The van der Waals surface area contributed by atoms with E-state index in [-0.39, 0.29) is 5.91 Å². The Morgan fingerprint density at radius 1 is 1.38 bits per heavy atom. The number of rotatable bonds is 7. The molecule has 1 fully saturated rings. The predicted octanol–water partition coefficient (Wildman–Crippen LogP) is 1.12. The van der Waals surface area contributed by atoms with Crippen LogP contribution in [-0.2, 0) is 11.3 Å². The molecule has 5 nitrogen and oxygen atoms in total. The summed E-state index contributed by atoms with van der Waals surface area (Å²) in [7, 11) is 0. The van der Waals surface area contributed by atoms with Crippen LogP contribution in [0, 0.1) is 0 Å². The average Bonchev–Trinajstić information content (AvgIpc) is 2.48. The lowest BCUT2D eigenvalue weighted by Gasteiger charge is -2.31. The number of nitrogens with two attached hydrogens (primary N) is 1. The number of amides is 1. The molecule has 0 aromatic heterocycles. The number of carbonyl (C=O) groups excluding carboxylic acids is 1. The molecule has 0 unspecified atom stereocenters. The smallest absolute Gasteiger partial charge is 0.231 e. The van der Waals surface area contributed by atoms with E-state index in [4.69, 9.17) is 10.5 Å². The molecule has 1 aliphatic heterocycles. The van der Waals surface area contributed by atoms with Crippen molar-refractivity contribution in [1.29, 1.82) is 0 Å². The summed E-state index contributed by atoms with van der Waals surface area (Å²) in [6.45, 7) is 5.72. The normalized spacial score (nSPS) is 16.8. The number of hydrogen-bond acceptors (Lipinski definition) is 4. The average molecular weight is 291 g/mol. The monoisotopic (exact) mass is 291 g/mol. The molecule has 1 aromatic carbocycles.